The number of nitrogens with zero attached hydrogens (tertiary/aromatic N) is 3. The number of hydrogen-bond donors (Lipinski definition) is 0. The lowest BCUT2D eigenvalue weighted by atomic mass is 10.1. The molecule has 0 saturated carbocycles. The first-order chi connectivity index (χ1) is 7.43. The smallest absolute Gasteiger partial charge is 0.353 e. The van der Waals surface area contributed by atoms with E-state index in [2.05, 4.69) is 9.98 Å². The first kappa shape index (κ1) is 11.2. The maximum absolute atomic E-state index is 12.4. The molecule has 0 aromatic heterocycles. The SMILES string of the molecule is CCC1=NC2=CC(C(F)(F)F)=NC[C@H]2N1C. The van der Waals surface area contributed by atoms with Crippen LogP contribution in [0.3, 0.4) is 0 Å². The molecule has 2 aliphatic rings. The molecule has 0 N–H and O–H groups in total. The number of rotatable bonds is 1. The molecule has 6 heteroatoms. The molecule has 88 valence electrons. The number of halogens is 3. The Hall–Kier alpha value is -1.33. The van der Waals surface area contributed by atoms with Crippen LogP contribution in [-0.2, 0) is 0 Å². The van der Waals surface area contributed by atoms with Crippen molar-refractivity contribution in [1.29, 1.82) is 0 Å². The van der Waals surface area contributed by atoms with E-state index in [0.29, 0.717) is 12.1 Å². The molecular weight excluding hydrogens is 219 g/mol. The third-order valence-electron chi connectivity index (χ3n) is 2.80. The van der Waals surface area contributed by atoms with Gasteiger partial charge in [0.25, 0.3) is 0 Å². The van der Waals surface area contributed by atoms with Crippen LogP contribution in [0.25, 0.3) is 0 Å². The van der Waals surface area contributed by atoms with Crippen molar-refractivity contribution >= 4 is 11.5 Å². The summed E-state index contributed by atoms with van der Waals surface area (Å²) in [5, 5.41) is 0. The monoisotopic (exact) mass is 231 g/mol. The molecule has 0 aromatic rings. The highest BCUT2D eigenvalue weighted by molar-refractivity contribution is 6.02. The molecule has 2 heterocycles. The van der Waals surface area contributed by atoms with Gasteiger partial charge in [-0.1, -0.05) is 6.92 Å². The second-order valence-electron chi connectivity index (χ2n) is 3.80. The average Bonchev–Trinajstić information content (AvgIpc) is 2.54. The van der Waals surface area contributed by atoms with Crippen molar-refractivity contribution in [1.82, 2.24) is 4.90 Å². The molecule has 0 unspecified atom stereocenters. The van der Waals surface area contributed by atoms with Crippen LogP contribution in [0.4, 0.5) is 13.2 Å². The molecular formula is C10H12F3N3. The van der Waals surface area contributed by atoms with E-state index in [0.717, 1.165) is 11.9 Å². The predicted octanol–water partition coefficient (Wildman–Crippen LogP) is 2.01. The van der Waals surface area contributed by atoms with Crippen molar-refractivity contribution in [3.05, 3.63) is 11.8 Å². The Balaban J connectivity index is 2.29. The Labute approximate surface area is 91.4 Å². The maximum Gasteiger partial charge on any atom is 0.432 e. The summed E-state index contributed by atoms with van der Waals surface area (Å²) in [6, 6.07) is -0.124. The first-order valence-electron chi connectivity index (χ1n) is 5.07. The largest absolute Gasteiger partial charge is 0.432 e. The van der Waals surface area contributed by atoms with Gasteiger partial charge in [0, 0.05) is 13.5 Å². The fraction of sp³-hybridized carbons (Fsp3) is 0.600. The summed E-state index contributed by atoms with van der Waals surface area (Å²) in [7, 11) is 1.84. The van der Waals surface area contributed by atoms with Gasteiger partial charge >= 0.3 is 6.18 Å². The van der Waals surface area contributed by atoms with Crippen molar-refractivity contribution in [3.8, 4) is 0 Å². The number of aliphatic imine (C=N–C) groups is 2. The quantitative estimate of drug-likeness (QED) is 0.678. The summed E-state index contributed by atoms with van der Waals surface area (Å²) in [5.41, 5.74) is -0.352. The number of alkyl halides is 3. The number of fused-ring (bicyclic) bond motifs is 1. The van der Waals surface area contributed by atoms with E-state index in [-0.39, 0.29) is 12.6 Å². The van der Waals surface area contributed by atoms with Crippen LogP contribution in [0.2, 0.25) is 0 Å². The number of amidine groups is 1. The van der Waals surface area contributed by atoms with Crippen LogP contribution in [-0.4, -0.2) is 42.3 Å². The fourth-order valence-electron chi connectivity index (χ4n) is 1.90. The lowest BCUT2D eigenvalue weighted by molar-refractivity contribution is -0.0581. The third-order valence-corrected chi connectivity index (χ3v) is 2.80. The molecule has 0 saturated heterocycles. The first-order valence-corrected chi connectivity index (χ1v) is 5.07. The van der Waals surface area contributed by atoms with Gasteiger partial charge in [0.15, 0.2) is 0 Å². The Bertz CT molecular complexity index is 393. The third kappa shape index (κ3) is 1.72. The number of allylic oxidation sites excluding steroid dienone is 1. The zero-order valence-corrected chi connectivity index (χ0v) is 9.04. The van der Waals surface area contributed by atoms with E-state index in [1.807, 2.05) is 18.9 Å². The van der Waals surface area contributed by atoms with Crippen LogP contribution >= 0.6 is 0 Å². The summed E-state index contributed by atoms with van der Waals surface area (Å²) >= 11 is 0. The molecule has 0 fully saturated rings. The molecule has 1 atom stereocenters. The highest BCUT2D eigenvalue weighted by Crippen LogP contribution is 2.28. The highest BCUT2D eigenvalue weighted by atomic mass is 19.4. The second-order valence-corrected chi connectivity index (χ2v) is 3.80. The number of likely N-dealkylation sites (N-methyl/N-ethyl adjacent to an activating group) is 1. The second kappa shape index (κ2) is 3.61. The minimum atomic E-state index is -4.37. The van der Waals surface area contributed by atoms with E-state index >= 15 is 0 Å². The van der Waals surface area contributed by atoms with E-state index in [1.54, 1.807) is 0 Å². The summed E-state index contributed by atoms with van der Waals surface area (Å²) in [6.45, 7) is 2.06. The maximum atomic E-state index is 12.4. The van der Waals surface area contributed by atoms with Gasteiger partial charge in [-0.15, -0.1) is 0 Å². The number of dihydropyridines is 1. The Morgan fingerprint density at radius 3 is 2.75 bits per heavy atom. The minimum Gasteiger partial charge on any atom is -0.353 e. The normalized spacial score (nSPS) is 24.9. The standard InChI is InChI=1S/C10H12F3N3/c1-3-9-15-6-4-8(10(11,12)13)14-5-7(6)16(9)2/h4,7H,3,5H2,1-2H3/t7-/m1/s1. The van der Waals surface area contributed by atoms with Gasteiger partial charge in [0.05, 0.1) is 18.3 Å². The van der Waals surface area contributed by atoms with Crippen molar-refractivity contribution in [2.75, 3.05) is 13.6 Å². The van der Waals surface area contributed by atoms with Gasteiger partial charge in [-0.2, -0.15) is 13.2 Å². The molecule has 0 radical (unpaired) electrons. The summed E-state index contributed by atoms with van der Waals surface area (Å²) in [4.78, 5) is 9.65. The molecule has 0 spiro atoms. The number of hydrogen-bond acceptors (Lipinski definition) is 3. The summed E-state index contributed by atoms with van der Waals surface area (Å²) in [5.74, 6) is 0.815. The Kier molecular flexibility index (Phi) is 2.52. The van der Waals surface area contributed by atoms with E-state index in [9.17, 15) is 13.2 Å². The molecule has 0 aromatic carbocycles. The van der Waals surface area contributed by atoms with E-state index in [1.165, 1.54) is 0 Å². The molecule has 0 amide bonds. The molecule has 0 aliphatic carbocycles. The zero-order valence-electron chi connectivity index (χ0n) is 9.04. The van der Waals surface area contributed by atoms with Crippen molar-refractivity contribution in [2.24, 2.45) is 9.98 Å². The Morgan fingerprint density at radius 2 is 2.19 bits per heavy atom. The highest BCUT2D eigenvalue weighted by Gasteiger charge is 2.39. The molecule has 2 aliphatic heterocycles. The van der Waals surface area contributed by atoms with Crippen LogP contribution in [0, 0.1) is 0 Å². The van der Waals surface area contributed by atoms with Crippen molar-refractivity contribution < 1.29 is 13.2 Å². The lowest BCUT2D eigenvalue weighted by Gasteiger charge is -2.24. The van der Waals surface area contributed by atoms with Gasteiger partial charge in [-0.05, 0) is 6.08 Å². The van der Waals surface area contributed by atoms with E-state index in [4.69, 9.17) is 0 Å². The summed E-state index contributed by atoms with van der Waals surface area (Å²) in [6.07, 6.45) is -2.61. The van der Waals surface area contributed by atoms with Gasteiger partial charge in [-0.25, -0.2) is 4.99 Å². The van der Waals surface area contributed by atoms with E-state index < -0.39 is 11.9 Å². The minimum absolute atomic E-state index is 0.124. The van der Waals surface area contributed by atoms with Crippen LogP contribution in [0.1, 0.15) is 13.3 Å². The summed E-state index contributed by atoms with van der Waals surface area (Å²) < 4.78 is 37.3. The van der Waals surface area contributed by atoms with Gasteiger partial charge in [0.2, 0.25) is 0 Å². The van der Waals surface area contributed by atoms with Crippen molar-refractivity contribution in [2.45, 2.75) is 25.6 Å². The lowest BCUT2D eigenvalue weighted by Crippen LogP contribution is -2.37. The average molecular weight is 231 g/mol. The van der Waals surface area contributed by atoms with Gasteiger partial charge in [0.1, 0.15) is 11.5 Å². The van der Waals surface area contributed by atoms with Gasteiger partial charge < -0.3 is 4.90 Å². The Morgan fingerprint density at radius 1 is 1.50 bits per heavy atom. The van der Waals surface area contributed by atoms with Crippen LogP contribution in [0.15, 0.2) is 21.8 Å². The predicted molar refractivity (Wildman–Crippen MR) is 55.7 cm³/mol. The van der Waals surface area contributed by atoms with Gasteiger partial charge in [-0.3, -0.25) is 4.99 Å². The molecule has 3 nitrogen and oxygen atoms in total. The molecule has 2 rings (SSSR count). The fourth-order valence-corrected chi connectivity index (χ4v) is 1.90. The van der Waals surface area contributed by atoms with Crippen molar-refractivity contribution in [3.63, 3.8) is 0 Å². The molecule has 0 bridgehead atoms. The van der Waals surface area contributed by atoms with Crippen LogP contribution < -0.4 is 0 Å². The zero-order chi connectivity index (χ0) is 11.9. The molecule has 16 heavy (non-hydrogen) atoms. The van der Waals surface area contributed by atoms with Crippen LogP contribution in [0.5, 0.6) is 0 Å². The topological polar surface area (TPSA) is 28.0 Å².